The van der Waals surface area contributed by atoms with Gasteiger partial charge in [0.05, 0.1) is 12.9 Å². The Labute approximate surface area is 66.8 Å². The molecule has 58 valence electrons. The van der Waals surface area contributed by atoms with Gasteiger partial charge in [-0.25, -0.2) is 0 Å². The van der Waals surface area contributed by atoms with E-state index in [0.717, 1.165) is 0 Å². The van der Waals surface area contributed by atoms with Gasteiger partial charge in [-0.2, -0.15) is 0 Å². The molecule has 0 heterocycles. The molecule has 1 aromatic rings. The average Bonchev–Trinajstić information content (AvgIpc) is 2.01. The molecule has 0 amide bonds. The van der Waals surface area contributed by atoms with Crippen LogP contribution in [0.25, 0.3) is 0 Å². The van der Waals surface area contributed by atoms with Gasteiger partial charge in [0.25, 0.3) is 0 Å². The van der Waals surface area contributed by atoms with Crippen LogP contribution in [0.4, 0.5) is 0 Å². The Hall–Kier alpha value is -1.31. The van der Waals surface area contributed by atoms with Crippen molar-refractivity contribution in [3.8, 4) is 0 Å². The van der Waals surface area contributed by atoms with Gasteiger partial charge in [0.15, 0.2) is 0 Å². The highest BCUT2D eigenvalue weighted by Gasteiger charge is 1.88. The summed E-state index contributed by atoms with van der Waals surface area (Å²) in [5.74, 6) is 0. The quantitative estimate of drug-likeness (QED) is 0.500. The van der Waals surface area contributed by atoms with Crippen molar-refractivity contribution in [3.05, 3.63) is 35.4 Å². The topological polar surface area (TPSA) is 38.4 Å². The van der Waals surface area contributed by atoms with E-state index in [9.17, 15) is 0 Å². The standard InChI is InChI=1S/C9H12N2/c1-8-3-2-4-9(5-8)6-11-7-10/h2-5,7H,6H2,1H3,(H2,10,11). The van der Waals surface area contributed by atoms with Gasteiger partial charge in [0.2, 0.25) is 0 Å². The second kappa shape index (κ2) is 3.76. The second-order valence-electron chi connectivity index (χ2n) is 2.48. The van der Waals surface area contributed by atoms with Crippen LogP contribution >= 0.6 is 0 Å². The van der Waals surface area contributed by atoms with E-state index in [1.54, 1.807) is 0 Å². The number of aliphatic imine (C=N–C) groups is 1. The number of nitrogens with two attached hydrogens (primary N) is 1. The minimum atomic E-state index is 0.679. The zero-order chi connectivity index (χ0) is 8.10. The zero-order valence-corrected chi connectivity index (χ0v) is 6.62. The van der Waals surface area contributed by atoms with Crippen LogP contribution in [0.2, 0.25) is 0 Å². The smallest absolute Gasteiger partial charge is 0.0801 e. The summed E-state index contributed by atoms with van der Waals surface area (Å²) in [6.45, 7) is 2.74. The van der Waals surface area contributed by atoms with Crippen molar-refractivity contribution >= 4 is 6.34 Å². The number of hydrogen-bond acceptors (Lipinski definition) is 1. The van der Waals surface area contributed by atoms with Gasteiger partial charge in [-0.3, -0.25) is 4.99 Å². The molecule has 0 aliphatic rings. The second-order valence-corrected chi connectivity index (χ2v) is 2.48. The van der Waals surface area contributed by atoms with E-state index in [1.165, 1.54) is 17.5 Å². The van der Waals surface area contributed by atoms with Crippen molar-refractivity contribution in [2.75, 3.05) is 0 Å². The van der Waals surface area contributed by atoms with Gasteiger partial charge in [-0.15, -0.1) is 0 Å². The largest absolute Gasteiger partial charge is 0.390 e. The first-order valence-corrected chi connectivity index (χ1v) is 3.58. The molecule has 0 saturated carbocycles. The molecule has 0 radical (unpaired) electrons. The molecule has 0 unspecified atom stereocenters. The highest BCUT2D eigenvalue weighted by atomic mass is 14.8. The highest BCUT2D eigenvalue weighted by Crippen LogP contribution is 2.04. The summed E-state index contributed by atoms with van der Waals surface area (Å²) in [4.78, 5) is 3.94. The van der Waals surface area contributed by atoms with Crippen LogP contribution in [-0.4, -0.2) is 6.34 Å². The lowest BCUT2D eigenvalue weighted by Crippen LogP contribution is -1.90. The molecule has 0 atom stereocenters. The van der Waals surface area contributed by atoms with Crippen molar-refractivity contribution in [1.82, 2.24) is 0 Å². The summed E-state index contributed by atoms with van der Waals surface area (Å²) in [6.07, 6.45) is 1.34. The van der Waals surface area contributed by atoms with Gasteiger partial charge in [-0.05, 0) is 12.5 Å². The average molecular weight is 148 g/mol. The summed E-state index contributed by atoms with van der Waals surface area (Å²) >= 11 is 0. The Kier molecular flexibility index (Phi) is 2.66. The summed E-state index contributed by atoms with van der Waals surface area (Å²) in [6, 6.07) is 8.24. The molecule has 0 aliphatic heterocycles. The van der Waals surface area contributed by atoms with Crippen LogP contribution in [-0.2, 0) is 6.54 Å². The van der Waals surface area contributed by atoms with E-state index in [0.29, 0.717) is 6.54 Å². The van der Waals surface area contributed by atoms with Crippen LogP contribution in [0.15, 0.2) is 29.3 Å². The Morgan fingerprint density at radius 3 is 3.00 bits per heavy atom. The summed E-state index contributed by atoms with van der Waals surface area (Å²) in [5.41, 5.74) is 7.58. The van der Waals surface area contributed by atoms with Gasteiger partial charge < -0.3 is 5.73 Å². The van der Waals surface area contributed by atoms with Gasteiger partial charge in [-0.1, -0.05) is 29.8 Å². The van der Waals surface area contributed by atoms with Crippen LogP contribution in [0, 0.1) is 6.92 Å². The van der Waals surface area contributed by atoms with Crippen molar-refractivity contribution < 1.29 is 0 Å². The maximum Gasteiger partial charge on any atom is 0.0801 e. The minimum absolute atomic E-state index is 0.679. The maximum absolute atomic E-state index is 5.12. The molecule has 0 saturated heterocycles. The fourth-order valence-corrected chi connectivity index (χ4v) is 0.969. The van der Waals surface area contributed by atoms with E-state index in [1.807, 2.05) is 12.1 Å². The molecule has 2 nitrogen and oxygen atoms in total. The first-order valence-electron chi connectivity index (χ1n) is 3.58. The fourth-order valence-electron chi connectivity index (χ4n) is 0.969. The third-order valence-electron chi connectivity index (χ3n) is 1.46. The highest BCUT2D eigenvalue weighted by molar-refractivity contribution is 5.51. The van der Waals surface area contributed by atoms with Gasteiger partial charge in [0.1, 0.15) is 0 Å². The van der Waals surface area contributed by atoms with Crippen LogP contribution in [0.5, 0.6) is 0 Å². The lowest BCUT2D eigenvalue weighted by atomic mass is 10.1. The third kappa shape index (κ3) is 2.42. The summed E-state index contributed by atoms with van der Waals surface area (Å²) < 4.78 is 0. The van der Waals surface area contributed by atoms with E-state index >= 15 is 0 Å². The number of rotatable bonds is 2. The molecule has 0 bridgehead atoms. The summed E-state index contributed by atoms with van der Waals surface area (Å²) in [5, 5.41) is 0. The van der Waals surface area contributed by atoms with Crippen LogP contribution < -0.4 is 5.73 Å². The lowest BCUT2D eigenvalue weighted by Gasteiger charge is -1.96. The zero-order valence-electron chi connectivity index (χ0n) is 6.62. The van der Waals surface area contributed by atoms with E-state index in [4.69, 9.17) is 5.73 Å². The van der Waals surface area contributed by atoms with E-state index in [-0.39, 0.29) is 0 Å². The molecular formula is C9H12N2. The predicted octanol–water partition coefficient (Wildman–Crippen LogP) is 1.48. The SMILES string of the molecule is Cc1cccc(CN=CN)c1. The Morgan fingerprint density at radius 2 is 2.36 bits per heavy atom. The van der Waals surface area contributed by atoms with E-state index in [2.05, 4.69) is 24.0 Å². The summed E-state index contributed by atoms with van der Waals surface area (Å²) in [7, 11) is 0. The van der Waals surface area contributed by atoms with E-state index < -0.39 is 0 Å². The Balaban J connectivity index is 2.71. The van der Waals surface area contributed by atoms with Crippen molar-refractivity contribution in [2.24, 2.45) is 10.7 Å². The molecule has 0 fully saturated rings. The molecule has 0 aliphatic carbocycles. The molecule has 0 aromatic heterocycles. The molecule has 1 rings (SSSR count). The first kappa shape index (κ1) is 7.79. The fraction of sp³-hybridized carbons (Fsp3) is 0.222. The molecule has 1 aromatic carbocycles. The number of aryl methyl sites for hydroxylation is 1. The molecule has 11 heavy (non-hydrogen) atoms. The number of nitrogens with zero attached hydrogens (tertiary/aromatic N) is 1. The van der Waals surface area contributed by atoms with Gasteiger partial charge >= 0.3 is 0 Å². The first-order chi connectivity index (χ1) is 5.33. The Morgan fingerprint density at radius 1 is 1.55 bits per heavy atom. The molecular weight excluding hydrogens is 136 g/mol. The molecule has 2 N–H and O–H groups in total. The van der Waals surface area contributed by atoms with Crippen LogP contribution in [0.1, 0.15) is 11.1 Å². The van der Waals surface area contributed by atoms with Crippen molar-refractivity contribution in [3.63, 3.8) is 0 Å². The van der Waals surface area contributed by atoms with Crippen LogP contribution in [0.3, 0.4) is 0 Å². The van der Waals surface area contributed by atoms with Crippen molar-refractivity contribution in [2.45, 2.75) is 13.5 Å². The normalized spacial score (nSPS) is 10.6. The maximum atomic E-state index is 5.12. The monoisotopic (exact) mass is 148 g/mol. The predicted molar refractivity (Wildman–Crippen MR) is 47.6 cm³/mol. The molecule has 0 spiro atoms. The number of hydrogen-bond donors (Lipinski definition) is 1. The number of benzene rings is 1. The van der Waals surface area contributed by atoms with Gasteiger partial charge in [0, 0.05) is 0 Å². The third-order valence-corrected chi connectivity index (χ3v) is 1.46. The molecule has 2 heteroatoms. The lowest BCUT2D eigenvalue weighted by molar-refractivity contribution is 1.07. The minimum Gasteiger partial charge on any atom is -0.390 e. The van der Waals surface area contributed by atoms with Crippen molar-refractivity contribution in [1.29, 1.82) is 0 Å². The Bertz CT molecular complexity index is 253.